The van der Waals surface area contributed by atoms with Crippen LogP contribution >= 0.6 is 10.7 Å². The van der Waals surface area contributed by atoms with E-state index in [2.05, 4.69) is 109 Å². The summed E-state index contributed by atoms with van der Waals surface area (Å²) < 4.78 is 12.1. The van der Waals surface area contributed by atoms with Gasteiger partial charge in [0, 0.05) is 21.9 Å². The predicted octanol–water partition coefficient (Wildman–Crippen LogP) is 8.85. The number of hydrogen-bond donors (Lipinski definition) is 1. The molecule has 4 rings (SSSR count). The lowest BCUT2D eigenvalue weighted by molar-refractivity contribution is 0.272. The molecular weight excluding hydrogens is 543 g/mol. The van der Waals surface area contributed by atoms with Crippen LogP contribution in [0, 0.1) is 0 Å². The third kappa shape index (κ3) is 7.60. The van der Waals surface area contributed by atoms with Crippen molar-refractivity contribution < 1.29 is 4.43 Å². The summed E-state index contributed by atoms with van der Waals surface area (Å²) in [6, 6.07) is 18.9. The molecule has 0 aliphatic heterocycles. The highest BCUT2D eigenvalue weighted by molar-refractivity contribution is 8.13. The summed E-state index contributed by atoms with van der Waals surface area (Å²) >= 11 is 0. The van der Waals surface area contributed by atoms with Crippen molar-refractivity contribution >= 4 is 35.8 Å². The van der Waals surface area contributed by atoms with Crippen LogP contribution in [0.1, 0.15) is 78.7 Å². The SMILES string of the molecule is C=[S@@](N[C@@H](CCC)c1cccc(-c2ccc3cn(-c4cccc(CO[Si](C)(C)C(C)(C)C)n4)nc3c2)n1)C(C)(C)C. The highest BCUT2D eigenvalue weighted by Gasteiger charge is 2.37. The van der Waals surface area contributed by atoms with Crippen LogP contribution < -0.4 is 4.72 Å². The van der Waals surface area contributed by atoms with Gasteiger partial charge in [0.1, 0.15) is 0 Å². The zero-order chi connectivity index (χ0) is 30.0. The maximum absolute atomic E-state index is 6.41. The molecular formula is C33H47N5OSSi. The molecule has 0 saturated heterocycles. The van der Waals surface area contributed by atoms with E-state index in [0.717, 1.165) is 52.2 Å². The standard InChI is InChI=1S/C33H47N5OSSi/c1-11-14-29(37-40(8)32(2,3)4)28-17-13-16-27(35-28)24-19-20-25-22-38(36-30(25)21-24)31-18-12-15-26(34-31)23-39-41(9,10)33(5,6)7/h12-13,15-22,29,37H,8,11,14,23H2,1-7,9-10H3/t29-,40+/m0/s1. The van der Waals surface area contributed by atoms with Gasteiger partial charge >= 0.3 is 0 Å². The Bertz CT molecular complexity index is 1520. The zero-order valence-corrected chi connectivity index (χ0v) is 28.1. The van der Waals surface area contributed by atoms with Gasteiger partial charge in [0.25, 0.3) is 0 Å². The van der Waals surface area contributed by atoms with Crippen molar-refractivity contribution in [3.05, 3.63) is 72.2 Å². The molecule has 41 heavy (non-hydrogen) atoms. The molecule has 8 heteroatoms. The third-order valence-electron chi connectivity index (χ3n) is 7.95. The van der Waals surface area contributed by atoms with Crippen molar-refractivity contribution in [2.24, 2.45) is 0 Å². The highest BCUT2D eigenvalue weighted by Crippen LogP contribution is 2.37. The second-order valence-corrected chi connectivity index (χ2v) is 20.3. The minimum absolute atomic E-state index is 0.0968. The molecule has 1 N–H and O–H groups in total. The lowest BCUT2D eigenvalue weighted by Gasteiger charge is -2.36. The van der Waals surface area contributed by atoms with Crippen LogP contribution in [0.2, 0.25) is 18.1 Å². The molecule has 1 aromatic carbocycles. The summed E-state index contributed by atoms with van der Waals surface area (Å²) in [7, 11) is -2.04. The van der Waals surface area contributed by atoms with Gasteiger partial charge in [-0.05, 0) is 54.9 Å². The van der Waals surface area contributed by atoms with Crippen molar-refractivity contribution in [2.75, 3.05) is 0 Å². The molecule has 3 heterocycles. The van der Waals surface area contributed by atoms with E-state index in [1.807, 2.05) is 29.1 Å². The first-order valence-corrected chi connectivity index (χ1v) is 18.9. The number of aromatic nitrogens is 4. The second kappa shape index (κ2) is 12.3. The topological polar surface area (TPSA) is 64.9 Å². The smallest absolute Gasteiger partial charge is 0.192 e. The van der Waals surface area contributed by atoms with E-state index < -0.39 is 8.32 Å². The number of pyridine rings is 2. The maximum atomic E-state index is 6.41. The molecule has 3 aromatic heterocycles. The Morgan fingerprint density at radius 2 is 1.73 bits per heavy atom. The van der Waals surface area contributed by atoms with Crippen LogP contribution in [0.25, 0.3) is 28.0 Å². The van der Waals surface area contributed by atoms with Crippen molar-refractivity contribution in [2.45, 2.75) is 96.8 Å². The number of nitrogens with one attached hydrogen (secondary N) is 1. The molecule has 0 bridgehead atoms. The van der Waals surface area contributed by atoms with E-state index in [0.29, 0.717) is 6.61 Å². The summed E-state index contributed by atoms with van der Waals surface area (Å²) in [5.41, 5.74) is 4.88. The third-order valence-corrected chi connectivity index (χ3v) is 14.5. The fraction of sp³-hybridized carbons (Fsp3) is 0.455. The normalized spacial score (nSPS) is 14.4. The van der Waals surface area contributed by atoms with Crippen LogP contribution in [0.4, 0.5) is 0 Å². The van der Waals surface area contributed by atoms with Crippen LogP contribution in [-0.4, -0.2) is 38.7 Å². The molecule has 4 aromatic rings. The minimum Gasteiger partial charge on any atom is -0.411 e. The average Bonchev–Trinajstić information content (AvgIpc) is 3.34. The number of benzene rings is 1. The van der Waals surface area contributed by atoms with Crippen molar-refractivity contribution in [1.29, 1.82) is 0 Å². The Morgan fingerprint density at radius 1 is 1.00 bits per heavy atom. The van der Waals surface area contributed by atoms with Crippen LogP contribution in [-0.2, 0) is 11.0 Å². The van der Waals surface area contributed by atoms with E-state index in [9.17, 15) is 0 Å². The summed E-state index contributed by atoms with van der Waals surface area (Å²) in [5.74, 6) is 5.19. The first kappa shape index (κ1) is 31.3. The second-order valence-electron chi connectivity index (χ2n) is 13.3. The van der Waals surface area contributed by atoms with E-state index in [4.69, 9.17) is 19.5 Å². The first-order chi connectivity index (χ1) is 19.2. The Hall–Kier alpha value is -2.65. The van der Waals surface area contributed by atoms with E-state index >= 15 is 0 Å². The quantitative estimate of drug-likeness (QED) is 0.148. The van der Waals surface area contributed by atoms with Gasteiger partial charge in [-0.3, -0.25) is 9.71 Å². The molecule has 0 aliphatic rings. The van der Waals surface area contributed by atoms with E-state index in [1.165, 1.54) is 0 Å². The monoisotopic (exact) mass is 589 g/mol. The van der Waals surface area contributed by atoms with Crippen LogP contribution in [0.5, 0.6) is 0 Å². The van der Waals surface area contributed by atoms with Gasteiger partial charge in [-0.15, -0.1) is 10.7 Å². The molecule has 0 unspecified atom stereocenters. The van der Waals surface area contributed by atoms with Gasteiger partial charge in [-0.1, -0.05) is 85.0 Å². The minimum atomic E-state index is -1.86. The molecule has 0 aliphatic carbocycles. The lowest BCUT2D eigenvalue weighted by Crippen LogP contribution is -2.40. The molecule has 0 saturated carbocycles. The Labute approximate surface area is 250 Å². The van der Waals surface area contributed by atoms with E-state index in [1.54, 1.807) is 0 Å². The van der Waals surface area contributed by atoms with E-state index in [-0.39, 0.29) is 26.5 Å². The Balaban J connectivity index is 1.58. The van der Waals surface area contributed by atoms with Crippen molar-refractivity contribution in [1.82, 2.24) is 24.5 Å². The van der Waals surface area contributed by atoms with Gasteiger partial charge in [-0.25, -0.2) is 9.67 Å². The maximum Gasteiger partial charge on any atom is 0.192 e. The molecule has 2 atom stereocenters. The molecule has 0 amide bonds. The molecule has 220 valence electrons. The number of rotatable bonds is 10. The molecule has 0 radical (unpaired) electrons. The average molecular weight is 590 g/mol. The van der Waals surface area contributed by atoms with Crippen LogP contribution in [0.3, 0.4) is 0 Å². The van der Waals surface area contributed by atoms with Gasteiger partial charge in [0.05, 0.1) is 35.2 Å². The van der Waals surface area contributed by atoms with Gasteiger partial charge in [0.15, 0.2) is 14.1 Å². The zero-order valence-electron chi connectivity index (χ0n) is 26.3. The molecule has 0 fully saturated rings. The van der Waals surface area contributed by atoms with Gasteiger partial charge in [0.2, 0.25) is 0 Å². The van der Waals surface area contributed by atoms with Crippen molar-refractivity contribution in [3.8, 4) is 17.1 Å². The summed E-state index contributed by atoms with van der Waals surface area (Å²) in [6.45, 7) is 20.7. The summed E-state index contributed by atoms with van der Waals surface area (Å²) in [5, 5.41) is 6.11. The summed E-state index contributed by atoms with van der Waals surface area (Å²) in [6.07, 6.45) is 4.13. The molecule has 0 spiro atoms. The number of nitrogens with zero attached hydrogens (tertiary/aromatic N) is 4. The summed E-state index contributed by atoms with van der Waals surface area (Å²) in [4.78, 5) is 9.96. The Morgan fingerprint density at radius 3 is 2.41 bits per heavy atom. The largest absolute Gasteiger partial charge is 0.411 e. The highest BCUT2D eigenvalue weighted by atomic mass is 32.2. The van der Waals surface area contributed by atoms with Gasteiger partial charge in [-0.2, -0.15) is 5.10 Å². The number of hydrogen-bond acceptors (Lipinski definition) is 5. The molecule has 6 nitrogen and oxygen atoms in total. The lowest BCUT2D eigenvalue weighted by atomic mass is 10.1. The van der Waals surface area contributed by atoms with Crippen LogP contribution in [0.15, 0.2) is 60.8 Å². The predicted molar refractivity (Wildman–Crippen MR) is 179 cm³/mol. The van der Waals surface area contributed by atoms with Crippen molar-refractivity contribution in [3.63, 3.8) is 0 Å². The Kier molecular flexibility index (Phi) is 9.38. The number of fused-ring (bicyclic) bond motifs is 1. The first-order valence-electron chi connectivity index (χ1n) is 14.6. The fourth-order valence-electron chi connectivity index (χ4n) is 4.15. The fourth-order valence-corrected chi connectivity index (χ4v) is 6.03. The van der Waals surface area contributed by atoms with Gasteiger partial charge < -0.3 is 4.43 Å².